The minimum atomic E-state index is -0.237. The standard InChI is InChI=1S/C7H15N3S/c1-4(8)6-2-5(3-11-6)7(9)10/h2,4-5,7H,3,8-10H2,1H3/t4-,5?/m1/s1. The molecule has 1 heterocycles. The van der Waals surface area contributed by atoms with Crippen LogP contribution in [0.1, 0.15) is 6.92 Å². The molecule has 1 aliphatic rings. The molecule has 0 aromatic carbocycles. The van der Waals surface area contributed by atoms with Crippen LogP contribution in [0.4, 0.5) is 0 Å². The third kappa shape index (κ3) is 2.20. The lowest BCUT2D eigenvalue weighted by molar-refractivity contribution is 0.569. The Balaban J connectivity index is 2.54. The quantitative estimate of drug-likeness (QED) is 0.506. The summed E-state index contributed by atoms with van der Waals surface area (Å²) in [5.74, 6) is 1.29. The fraction of sp³-hybridized carbons (Fsp3) is 0.714. The summed E-state index contributed by atoms with van der Waals surface area (Å²) >= 11 is 1.76. The molecule has 0 saturated carbocycles. The van der Waals surface area contributed by atoms with Gasteiger partial charge in [0.1, 0.15) is 0 Å². The molecule has 0 aliphatic carbocycles. The lowest BCUT2D eigenvalue weighted by Crippen LogP contribution is -2.38. The summed E-state index contributed by atoms with van der Waals surface area (Å²) in [6.45, 7) is 1.98. The van der Waals surface area contributed by atoms with Crippen molar-refractivity contribution in [3.63, 3.8) is 0 Å². The second kappa shape index (κ2) is 3.58. The van der Waals surface area contributed by atoms with Crippen molar-refractivity contribution in [3.05, 3.63) is 11.0 Å². The van der Waals surface area contributed by atoms with Gasteiger partial charge in [-0.2, -0.15) is 0 Å². The Morgan fingerprint density at radius 3 is 2.45 bits per heavy atom. The highest BCUT2D eigenvalue weighted by molar-refractivity contribution is 8.03. The minimum Gasteiger partial charge on any atom is -0.324 e. The predicted molar refractivity (Wildman–Crippen MR) is 49.8 cm³/mol. The van der Waals surface area contributed by atoms with E-state index in [4.69, 9.17) is 17.2 Å². The smallest absolute Gasteiger partial charge is 0.0594 e. The molecule has 0 bridgehead atoms. The number of hydrogen-bond acceptors (Lipinski definition) is 4. The molecule has 0 radical (unpaired) electrons. The van der Waals surface area contributed by atoms with Gasteiger partial charge in [-0.05, 0) is 11.8 Å². The van der Waals surface area contributed by atoms with Gasteiger partial charge in [-0.25, -0.2) is 0 Å². The second-order valence-electron chi connectivity index (χ2n) is 2.91. The Morgan fingerprint density at radius 2 is 2.18 bits per heavy atom. The minimum absolute atomic E-state index is 0.128. The van der Waals surface area contributed by atoms with E-state index in [2.05, 4.69) is 6.08 Å². The van der Waals surface area contributed by atoms with Crippen LogP contribution in [0.2, 0.25) is 0 Å². The van der Waals surface area contributed by atoms with Crippen LogP contribution >= 0.6 is 11.8 Å². The Bertz CT molecular complexity index is 165. The van der Waals surface area contributed by atoms with Crippen LogP contribution in [-0.4, -0.2) is 18.0 Å². The monoisotopic (exact) mass is 173 g/mol. The van der Waals surface area contributed by atoms with Crippen molar-refractivity contribution in [1.82, 2.24) is 0 Å². The van der Waals surface area contributed by atoms with Crippen molar-refractivity contribution in [2.45, 2.75) is 19.1 Å². The van der Waals surface area contributed by atoms with E-state index in [9.17, 15) is 0 Å². The van der Waals surface area contributed by atoms with Crippen molar-refractivity contribution in [2.75, 3.05) is 5.75 Å². The summed E-state index contributed by atoms with van der Waals surface area (Å²) in [5.41, 5.74) is 16.8. The van der Waals surface area contributed by atoms with Gasteiger partial charge >= 0.3 is 0 Å². The topological polar surface area (TPSA) is 78.1 Å². The Kier molecular flexibility index (Phi) is 2.95. The number of nitrogens with two attached hydrogens (primary N) is 3. The zero-order chi connectivity index (χ0) is 8.43. The molecule has 2 atom stereocenters. The molecule has 1 aliphatic heterocycles. The van der Waals surface area contributed by atoms with E-state index >= 15 is 0 Å². The molecule has 3 nitrogen and oxygen atoms in total. The van der Waals surface area contributed by atoms with Gasteiger partial charge in [-0.3, -0.25) is 0 Å². The lowest BCUT2D eigenvalue weighted by atomic mass is 10.1. The van der Waals surface area contributed by atoms with Crippen LogP contribution in [0, 0.1) is 5.92 Å². The van der Waals surface area contributed by atoms with Crippen LogP contribution in [-0.2, 0) is 0 Å². The van der Waals surface area contributed by atoms with Gasteiger partial charge in [0.15, 0.2) is 0 Å². The van der Waals surface area contributed by atoms with E-state index < -0.39 is 0 Å². The summed E-state index contributed by atoms with van der Waals surface area (Å²) in [7, 11) is 0. The first-order chi connectivity index (χ1) is 5.11. The van der Waals surface area contributed by atoms with Crippen LogP contribution < -0.4 is 17.2 Å². The molecule has 0 spiro atoms. The van der Waals surface area contributed by atoms with Gasteiger partial charge in [0.25, 0.3) is 0 Å². The van der Waals surface area contributed by atoms with E-state index in [1.165, 1.54) is 4.91 Å². The van der Waals surface area contributed by atoms with Crippen LogP contribution in [0.15, 0.2) is 11.0 Å². The summed E-state index contributed by atoms with van der Waals surface area (Å²) in [6.07, 6.45) is 1.86. The molecular weight excluding hydrogens is 158 g/mol. The molecule has 1 unspecified atom stereocenters. The summed E-state index contributed by atoms with van der Waals surface area (Å²) in [5, 5.41) is 0. The zero-order valence-electron chi connectivity index (χ0n) is 6.66. The first-order valence-corrected chi connectivity index (χ1v) is 4.71. The van der Waals surface area contributed by atoms with E-state index in [1.54, 1.807) is 11.8 Å². The fourth-order valence-electron chi connectivity index (χ4n) is 1.01. The lowest BCUT2D eigenvalue weighted by Gasteiger charge is -2.09. The molecule has 0 saturated heterocycles. The molecule has 0 aromatic heterocycles. The zero-order valence-corrected chi connectivity index (χ0v) is 7.47. The molecule has 0 aromatic rings. The van der Waals surface area contributed by atoms with Crippen molar-refractivity contribution in [3.8, 4) is 0 Å². The largest absolute Gasteiger partial charge is 0.324 e. The summed E-state index contributed by atoms with van der Waals surface area (Å²) < 4.78 is 0. The maximum Gasteiger partial charge on any atom is 0.0594 e. The molecule has 4 heteroatoms. The van der Waals surface area contributed by atoms with Gasteiger partial charge in [0.2, 0.25) is 0 Å². The van der Waals surface area contributed by atoms with Gasteiger partial charge in [-0.15, -0.1) is 11.8 Å². The third-order valence-corrected chi connectivity index (χ3v) is 3.16. The average molecular weight is 173 g/mol. The number of hydrogen-bond donors (Lipinski definition) is 3. The summed E-state index contributed by atoms with van der Waals surface area (Å²) in [4.78, 5) is 1.22. The van der Waals surface area contributed by atoms with Crippen LogP contribution in [0.5, 0.6) is 0 Å². The maximum atomic E-state index is 5.69. The van der Waals surface area contributed by atoms with E-state index in [-0.39, 0.29) is 12.2 Å². The molecule has 0 amide bonds. The molecule has 0 fully saturated rings. The van der Waals surface area contributed by atoms with E-state index in [1.807, 2.05) is 6.92 Å². The normalized spacial score (nSPS) is 27.4. The van der Waals surface area contributed by atoms with Crippen molar-refractivity contribution in [1.29, 1.82) is 0 Å². The fourth-order valence-corrected chi connectivity index (χ4v) is 2.24. The first kappa shape index (κ1) is 9.06. The van der Waals surface area contributed by atoms with Crippen LogP contribution in [0.25, 0.3) is 0 Å². The molecule has 64 valence electrons. The Morgan fingerprint density at radius 1 is 1.55 bits per heavy atom. The highest BCUT2D eigenvalue weighted by atomic mass is 32.2. The SMILES string of the molecule is C[C@@H](N)C1=CC(C(N)N)CS1. The van der Waals surface area contributed by atoms with Crippen molar-refractivity contribution in [2.24, 2.45) is 23.1 Å². The highest BCUT2D eigenvalue weighted by Gasteiger charge is 2.21. The third-order valence-electron chi connectivity index (χ3n) is 1.76. The first-order valence-electron chi connectivity index (χ1n) is 3.72. The number of rotatable bonds is 2. The average Bonchev–Trinajstić information content (AvgIpc) is 2.33. The van der Waals surface area contributed by atoms with Gasteiger partial charge in [0.05, 0.1) is 6.17 Å². The summed E-state index contributed by atoms with van der Waals surface area (Å²) in [6, 6.07) is 0.128. The van der Waals surface area contributed by atoms with Gasteiger partial charge in [-0.1, -0.05) is 6.08 Å². The predicted octanol–water partition coefficient (Wildman–Crippen LogP) is -0.176. The molecule has 6 N–H and O–H groups in total. The molecular formula is C7H15N3S. The van der Waals surface area contributed by atoms with E-state index in [0.717, 1.165) is 5.75 Å². The van der Waals surface area contributed by atoms with Crippen molar-refractivity contribution >= 4 is 11.8 Å². The molecule has 1 rings (SSSR count). The Hall–Kier alpha value is -0.0300. The van der Waals surface area contributed by atoms with Crippen molar-refractivity contribution < 1.29 is 0 Å². The second-order valence-corrected chi connectivity index (χ2v) is 4.00. The highest BCUT2D eigenvalue weighted by Crippen LogP contribution is 2.30. The van der Waals surface area contributed by atoms with Crippen LogP contribution in [0.3, 0.4) is 0 Å². The Labute approximate surface area is 71.4 Å². The molecule has 11 heavy (non-hydrogen) atoms. The van der Waals surface area contributed by atoms with E-state index in [0.29, 0.717) is 5.92 Å². The maximum absolute atomic E-state index is 5.69. The van der Waals surface area contributed by atoms with Gasteiger partial charge in [0, 0.05) is 17.7 Å². The number of thioether (sulfide) groups is 1. The van der Waals surface area contributed by atoms with Gasteiger partial charge < -0.3 is 17.2 Å².